The number of nitrogens with one attached hydrogen (secondary N) is 1. The van der Waals surface area contributed by atoms with E-state index in [0.717, 1.165) is 4.83 Å². The third kappa shape index (κ3) is 3.19. The van der Waals surface area contributed by atoms with Gasteiger partial charge in [0, 0.05) is 4.83 Å². The fraction of sp³-hybridized carbons (Fsp3) is 0.429. The molecule has 4 heteroatoms. The summed E-state index contributed by atoms with van der Waals surface area (Å²) in [5, 5.41) is 2.20. The number of carbonyl (C=O) groups excluding carboxylic acids is 2. The number of fused-ring (bicyclic) bond motifs is 1. The Morgan fingerprint density at radius 3 is 1.83 bits per heavy atom. The quantitative estimate of drug-likeness (QED) is 0.590. The highest BCUT2D eigenvalue weighted by atomic mass is 79.9. The van der Waals surface area contributed by atoms with Gasteiger partial charge in [-0.25, -0.2) is 0 Å². The lowest BCUT2D eigenvalue weighted by Crippen LogP contribution is -2.19. The lowest BCUT2D eigenvalue weighted by atomic mass is 10.0. The van der Waals surface area contributed by atoms with Crippen LogP contribution < -0.4 is 5.32 Å². The van der Waals surface area contributed by atoms with Crippen molar-refractivity contribution >= 4 is 27.7 Å². The average molecular weight is 310 g/mol. The molecule has 0 atom stereocenters. The molecule has 1 aromatic carbocycles. The third-order valence-electron chi connectivity index (χ3n) is 3.18. The van der Waals surface area contributed by atoms with Crippen molar-refractivity contribution in [1.82, 2.24) is 5.32 Å². The van der Waals surface area contributed by atoms with Crippen molar-refractivity contribution < 1.29 is 9.59 Å². The minimum Gasteiger partial charge on any atom is -0.288 e. The Kier molecular flexibility index (Phi) is 4.53. The van der Waals surface area contributed by atoms with Crippen molar-refractivity contribution in [3.05, 3.63) is 35.4 Å². The lowest BCUT2D eigenvalue weighted by molar-refractivity contribution is 0.0879. The molecular formula is C14H16BrNO2. The smallest absolute Gasteiger partial charge is 0.258 e. The summed E-state index contributed by atoms with van der Waals surface area (Å²) in [5.74, 6) is -0.601. The number of hydrogen-bond acceptors (Lipinski definition) is 2. The maximum absolute atomic E-state index is 10.9. The molecule has 96 valence electrons. The van der Waals surface area contributed by atoms with Gasteiger partial charge in [0.05, 0.1) is 11.1 Å². The van der Waals surface area contributed by atoms with Crippen LogP contribution in [0, 0.1) is 0 Å². The van der Waals surface area contributed by atoms with E-state index in [-0.39, 0.29) is 11.8 Å². The topological polar surface area (TPSA) is 46.2 Å². The maximum atomic E-state index is 10.9. The highest BCUT2D eigenvalue weighted by molar-refractivity contribution is 9.09. The molecule has 1 aliphatic carbocycles. The van der Waals surface area contributed by atoms with Gasteiger partial charge in [-0.15, -0.1) is 0 Å². The molecule has 0 aromatic heterocycles. The molecule has 1 aromatic rings. The Hall–Kier alpha value is -1.16. The molecule has 1 N–H and O–H groups in total. The molecule has 0 unspecified atom stereocenters. The second-order valence-corrected chi connectivity index (χ2v) is 5.86. The second kappa shape index (κ2) is 6.14. The van der Waals surface area contributed by atoms with Gasteiger partial charge < -0.3 is 0 Å². The van der Waals surface area contributed by atoms with Crippen LogP contribution in [0.3, 0.4) is 0 Å². The standard InChI is InChI=1S/C8H5NO2.C6H11Br/c10-7-5-3-1-2-4-6(5)8(11)9-7;7-6-4-2-1-3-5-6/h1-4H,(H,9,10,11);6H,1-5H2. The van der Waals surface area contributed by atoms with Gasteiger partial charge in [0.15, 0.2) is 0 Å². The zero-order valence-electron chi connectivity index (χ0n) is 10.1. The Bertz CT molecular complexity index is 420. The second-order valence-electron chi connectivity index (χ2n) is 4.56. The summed E-state index contributed by atoms with van der Waals surface area (Å²) < 4.78 is 0. The molecule has 0 bridgehead atoms. The highest BCUT2D eigenvalue weighted by Crippen LogP contribution is 2.22. The van der Waals surface area contributed by atoms with Crippen LogP contribution >= 0.6 is 15.9 Å². The number of halogens is 1. The summed E-state index contributed by atoms with van der Waals surface area (Å²) in [6, 6.07) is 6.74. The van der Waals surface area contributed by atoms with Crippen LogP contribution in [-0.4, -0.2) is 16.6 Å². The van der Waals surface area contributed by atoms with Crippen LogP contribution in [-0.2, 0) is 0 Å². The monoisotopic (exact) mass is 309 g/mol. The van der Waals surface area contributed by atoms with Crippen LogP contribution in [0.4, 0.5) is 0 Å². The molecule has 1 saturated carbocycles. The summed E-state index contributed by atoms with van der Waals surface area (Å²) in [5.41, 5.74) is 0.940. The maximum Gasteiger partial charge on any atom is 0.258 e. The van der Waals surface area contributed by atoms with Gasteiger partial charge in [0.25, 0.3) is 11.8 Å². The van der Waals surface area contributed by atoms with E-state index in [1.54, 1.807) is 24.3 Å². The van der Waals surface area contributed by atoms with E-state index in [4.69, 9.17) is 0 Å². The predicted octanol–water partition coefficient (Wildman–Crippen LogP) is 3.28. The zero-order chi connectivity index (χ0) is 13.0. The van der Waals surface area contributed by atoms with Crippen LogP contribution in [0.15, 0.2) is 24.3 Å². The third-order valence-corrected chi connectivity index (χ3v) is 4.09. The first-order valence-corrected chi connectivity index (χ1v) is 7.19. The molecule has 0 radical (unpaired) electrons. The Balaban J connectivity index is 0.000000149. The summed E-state index contributed by atoms with van der Waals surface area (Å²) in [6.45, 7) is 0. The number of imide groups is 1. The van der Waals surface area contributed by atoms with Crippen molar-refractivity contribution in [3.8, 4) is 0 Å². The number of rotatable bonds is 0. The van der Waals surface area contributed by atoms with Gasteiger partial charge in [-0.1, -0.05) is 47.3 Å². The first kappa shape index (κ1) is 13.3. The van der Waals surface area contributed by atoms with Crippen molar-refractivity contribution in [2.45, 2.75) is 36.9 Å². The fourth-order valence-corrected chi connectivity index (χ4v) is 2.82. The molecule has 2 aliphatic rings. The summed E-state index contributed by atoms with van der Waals surface area (Å²) >= 11 is 3.59. The lowest BCUT2D eigenvalue weighted by Gasteiger charge is -2.13. The normalized spacial score (nSPS) is 18.7. The van der Waals surface area contributed by atoms with Crippen LogP contribution in [0.1, 0.15) is 52.8 Å². The first-order chi connectivity index (χ1) is 8.68. The van der Waals surface area contributed by atoms with Crippen LogP contribution in [0.2, 0.25) is 0 Å². The number of carbonyl (C=O) groups is 2. The predicted molar refractivity (Wildman–Crippen MR) is 74.0 cm³/mol. The van der Waals surface area contributed by atoms with E-state index >= 15 is 0 Å². The molecule has 2 amide bonds. The number of amides is 2. The molecular weight excluding hydrogens is 294 g/mol. The molecule has 1 aliphatic heterocycles. The van der Waals surface area contributed by atoms with E-state index in [9.17, 15) is 9.59 Å². The molecule has 3 nitrogen and oxygen atoms in total. The fourth-order valence-electron chi connectivity index (χ4n) is 2.17. The van der Waals surface area contributed by atoms with Gasteiger partial charge >= 0.3 is 0 Å². The Morgan fingerprint density at radius 1 is 0.944 bits per heavy atom. The van der Waals surface area contributed by atoms with Gasteiger partial charge in [-0.05, 0) is 25.0 Å². The van der Waals surface area contributed by atoms with E-state index in [0.29, 0.717) is 11.1 Å². The van der Waals surface area contributed by atoms with Crippen LogP contribution in [0.5, 0.6) is 0 Å². The van der Waals surface area contributed by atoms with Gasteiger partial charge in [-0.2, -0.15) is 0 Å². The van der Waals surface area contributed by atoms with E-state index in [1.807, 2.05) is 0 Å². The summed E-state index contributed by atoms with van der Waals surface area (Å²) in [7, 11) is 0. The van der Waals surface area contributed by atoms with E-state index < -0.39 is 0 Å². The molecule has 0 saturated heterocycles. The number of alkyl halides is 1. The minimum absolute atomic E-state index is 0.300. The minimum atomic E-state index is -0.300. The van der Waals surface area contributed by atoms with E-state index in [1.165, 1.54) is 32.1 Å². The van der Waals surface area contributed by atoms with Gasteiger partial charge in [-0.3, -0.25) is 14.9 Å². The molecule has 3 rings (SSSR count). The Labute approximate surface area is 115 Å². The largest absolute Gasteiger partial charge is 0.288 e. The number of benzene rings is 1. The summed E-state index contributed by atoms with van der Waals surface area (Å²) in [6.07, 6.45) is 7.15. The molecule has 0 spiro atoms. The van der Waals surface area contributed by atoms with Crippen molar-refractivity contribution in [2.24, 2.45) is 0 Å². The zero-order valence-corrected chi connectivity index (χ0v) is 11.7. The Morgan fingerprint density at radius 2 is 1.44 bits per heavy atom. The highest BCUT2D eigenvalue weighted by Gasteiger charge is 2.25. The molecule has 1 fully saturated rings. The van der Waals surface area contributed by atoms with Crippen LogP contribution in [0.25, 0.3) is 0 Å². The first-order valence-electron chi connectivity index (χ1n) is 6.27. The SMILES string of the molecule is BrC1CCCCC1.O=C1NC(=O)c2ccccc21. The van der Waals surface area contributed by atoms with Gasteiger partial charge in [0.1, 0.15) is 0 Å². The average Bonchev–Trinajstić information content (AvgIpc) is 2.68. The summed E-state index contributed by atoms with van der Waals surface area (Å²) in [4.78, 5) is 22.7. The van der Waals surface area contributed by atoms with E-state index in [2.05, 4.69) is 21.2 Å². The number of hydrogen-bond donors (Lipinski definition) is 1. The molecule has 1 heterocycles. The molecule has 18 heavy (non-hydrogen) atoms. The van der Waals surface area contributed by atoms with Crippen molar-refractivity contribution in [2.75, 3.05) is 0 Å². The van der Waals surface area contributed by atoms with Crippen molar-refractivity contribution in [1.29, 1.82) is 0 Å². The van der Waals surface area contributed by atoms with Crippen molar-refractivity contribution in [3.63, 3.8) is 0 Å². The van der Waals surface area contributed by atoms with Gasteiger partial charge in [0.2, 0.25) is 0 Å².